The topological polar surface area (TPSA) is 70.5 Å². The fourth-order valence-electron chi connectivity index (χ4n) is 3.30. The molecule has 0 spiro atoms. The summed E-state index contributed by atoms with van der Waals surface area (Å²) < 4.78 is 0. The van der Waals surface area contributed by atoms with Crippen molar-refractivity contribution < 1.29 is 14.7 Å². The number of aliphatic hydroxyl groups excluding tert-OH is 1. The van der Waals surface area contributed by atoms with Gasteiger partial charge in [-0.1, -0.05) is 59.7 Å². The van der Waals surface area contributed by atoms with Gasteiger partial charge in [-0.2, -0.15) is 0 Å². The monoisotopic (exact) mass is 390 g/mol. The molecule has 1 aliphatic rings. The molecule has 1 fully saturated rings. The van der Waals surface area contributed by atoms with E-state index in [1.54, 1.807) is 23.7 Å². The summed E-state index contributed by atoms with van der Waals surface area (Å²) >= 11 is 1.28. The number of rotatable bonds is 3. The number of aromatic nitrogens is 1. The van der Waals surface area contributed by atoms with Gasteiger partial charge in [0, 0.05) is 17.1 Å². The first-order valence-corrected chi connectivity index (χ1v) is 9.69. The lowest BCUT2D eigenvalue weighted by Crippen LogP contribution is -2.29. The van der Waals surface area contributed by atoms with Crippen molar-refractivity contribution in [3.8, 4) is 0 Å². The third-order valence-corrected chi connectivity index (χ3v) is 5.56. The van der Waals surface area contributed by atoms with E-state index in [-0.39, 0.29) is 11.3 Å². The standard InChI is InChI=1S/C22H18N2O3S/c1-13-3-7-15(8-4-13)18-17(19(25)16-9-5-14(2)6-10-16)20(26)21(27)24(18)22-23-11-12-28-22/h3-12,18,25H,1-2H3/b19-17+/t18-/m1/s1. The summed E-state index contributed by atoms with van der Waals surface area (Å²) in [7, 11) is 0. The Labute approximate surface area is 166 Å². The average molecular weight is 390 g/mol. The molecular weight excluding hydrogens is 372 g/mol. The smallest absolute Gasteiger partial charge is 0.301 e. The number of Topliss-reactive ketones (excluding diaryl/α,β-unsaturated/α-hetero) is 1. The number of thiazole rings is 1. The van der Waals surface area contributed by atoms with E-state index in [2.05, 4.69) is 4.98 Å². The van der Waals surface area contributed by atoms with Crippen LogP contribution in [0, 0.1) is 13.8 Å². The summed E-state index contributed by atoms with van der Waals surface area (Å²) in [6.45, 7) is 3.91. The molecule has 3 aromatic rings. The van der Waals surface area contributed by atoms with Crippen molar-refractivity contribution in [3.05, 3.63) is 87.9 Å². The van der Waals surface area contributed by atoms with Gasteiger partial charge < -0.3 is 5.11 Å². The molecule has 1 amide bonds. The van der Waals surface area contributed by atoms with Gasteiger partial charge in [-0.25, -0.2) is 4.98 Å². The second-order valence-electron chi connectivity index (χ2n) is 6.76. The Bertz CT molecular complexity index is 1070. The maximum Gasteiger partial charge on any atom is 0.301 e. The summed E-state index contributed by atoms with van der Waals surface area (Å²) in [6.07, 6.45) is 1.59. The predicted molar refractivity (Wildman–Crippen MR) is 109 cm³/mol. The molecule has 1 N–H and O–H groups in total. The summed E-state index contributed by atoms with van der Waals surface area (Å²) in [6, 6.07) is 14.0. The maximum absolute atomic E-state index is 12.9. The lowest BCUT2D eigenvalue weighted by atomic mass is 9.94. The van der Waals surface area contributed by atoms with Crippen molar-refractivity contribution in [2.45, 2.75) is 19.9 Å². The third kappa shape index (κ3) is 3.01. The molecule has 1 aliphatic heterocycles. The number of ketones is 1. The van der Waals surface area contributed by atoms with Gasteiger partial charge in [-0.05, 0) is 19.4 Å². The fourth-order valence-corrected chi connectivity index (χ4v) is 3.96. The van der Waals surface area contributed by atoms with Crippen LogP contribution >= 0.6 is 11.3 Å². The Morgan fingerprint density at radius 3 is 2.18 bits per heavy atom. The average Bonchev–Trinajstić information content (AvgIpc) is 3.30. The van der Waals surface area contributed by atoms with Crippen molar-refractivity contribution >= 4 is 33.9 Å². The Balaban J connectivity index is 1.93. The number of hydrogen-bond donors (Lipinski definition) is 1. The number of nitrogens with zero attached hydrogens (tertiary/aromatic N) is 2. The predicted octanol–water partition coefficient (Wildman–Crippen LogP) is 4.39. The quantitative estimate of drug-likeness (QED) is 0.409. The van der Waals surface area contributed by atoms with E-state index in [1.807, 2.05) is 50.2 Å². The lowest BCUT2D eigenvalue weighted by Gasteiger charge is -2.23. The van der Waals surface area contributed by atoms with E-state index in [1.165, 1.54) is 16.2 Å². The van der Waals surface area contributed by atoms with Crippen LogP contribution in [0.4, 0.5) is 5.13 Å². The molecule has 6 heteroatoms. The SMILES string of the molecule is Cc1ccc(/C(O)=C2\C(=O)C(=O)N(c3nccs3)[C@@H]2c2ccc(C)cc2)cc1. The second kappa shape index (κ2) is 7.05. The Kier molecular flexibility index (Phi) is 4.57. The number of anilines is 1. The number of carbonyl (C=O) groups is 2. The van der Waals surface area contributed by atoms with Crippen LogP contribution < -0.4 is 4.90 Å². The van der Waals surface area contributed by atoms with Crippen molar-refractivity contribution in [1.82, 2.24) is 4.98 Å². The highest BCUT2D eigenvalue weighted by Gasteiger charge is 2.47. The first kappa shape index (κ1) is 18.1. The number of benzene rings is 2. The number of amides is 1. The van der Waals surface area contributed by atoms with Gasteiger partial charge in [0.1, 0.15) is 5.76 Å². The van der Waals surface area contributed by atoms with E-state index < -0.39 is 17.7 Å². The molecule has 0 unspecified atom stereocenters. The molecule has 0 bridgehead atoms. The molecule has 5 nitrogen and oxygen atoms in total. The highest BCUT2D eigenvalue weighted by Crippen LogP contribution is 2.42. The van der Waals surface area contributed by atoms with E-state index in [9.17, 15) is 14.7 Å². The number of carbonyl (C=O) groups excluding carboxylic acids is 2. The van der Waals surface area contributed by atoms with Gasteiger partial charge in [-0.3, -0.25) is 14.5 Å². The molecule has 0 aliphatic carbocycles. The van der Waals surface area contributed by atoms with E-state index >= 15 is 0 Å². The highest BCUT2D eigenvalue weighted by molar-refractivity contribution is 7.14. The van der Waals surface area contributed by atoms with Crippen LogP contribution in [0.2, 0.25) is 0 Å². The molecule has 1 saturated heterocycles. The summed E-state index contributed by atoms with van der Waals surface area (Å²) in [5, 5.41) is 13.1. The first-order chi connectivity index (χ1) is 13.5. The van der Waals surface area contributed by atoms with Gasteiger partial charge in [0.15, 0.2) is 5.13 Å². The van der Waals surface area contributed by atoms with E-state index in [4.69, 9.17) is 0 Å². The Hall–Kier alpha value is -3.25. The van der Waals surface area contributed by atoms with Gasteiger partial charge in [-0.15, -0.1) is 11.3 Å². The van der Waals surface area contributed by atoms with Crippen molar-refractivity contribution in [1.29, 1.82) is 0 Å². The van der Waals surface area contributed by atoms with Crippen LogP contribution in [0.15, 0.2) is 65.7 Å². The van der Waals surface area contributed by atoms with Crippen LogP contribution in [0.5, 0.6) is 0 Å². The summed E-state index contributed by atoms with van der Waals surface area (Å²) in [4.78, 5) is 31.4. The zero-order chi connectivity index (χ0) is 19.8. The molecule has 4 rings (SSSR count). The summed E-state index contributed by atoms with van der Waals surface area (Å²) in [5.74, 6) is -1.57. The largest absolute Gasteiger partial charge is 0.507 e. The lowest BCUT2D eigenvalue weighted by molar-refractivity contribution is -0.132. The molecular formula is C22H18N2O3S. The molecule has 28 heavy (non-hydrogen) atoms. The van der Waals surface area contributed by atoms with Crippen molar-refractivity contribution in [2.75, 3.05) is 4.90 Å². The van der Waals surface area contributed by atoms with Gasteiger partial charge in [0.05, 0.1) is 11.6 Å². The van der Waals surface area contributed by atoms with Gasteiger partial charge in [0.25, 0.3) is 5.78 Å². The molecule has 2 heterocycles. The minimum atomic E-state index is -0.729. The maximum atomic E-state index is 12.9. The van der Waals surface area contributed by atoms with Crippen LogP contribution in [0.3, 0.4) is 0 Å². The molecule has 140 valence electrons. The molecule has 1 aromatic heterocycles. The van der Waals surface area contributed by atoms with Gasteiger partial charge in [0.2, 0.25) is 0 Å². The molecule has 0 saturated carbocycles. The fraction of sp³-hybridized carbons (Fsp3) is 0.136. The van der Waals surface area contributed by atoms with Crippen molar-refractivity contribution in [3.63, 3.8) is 0 Å². The zero-order valence-corrected chi connectivity index (χ0v) is 16.2. The van der Waals surface area contributed by atoms with Crippen molar-refractivity contribution in [2.24, 2.45) is 0 Å². The highest BCUT2D eigenvalue weighted by atomic mass is 32.1. The number of hydrogen-bond acceptors (Lipinski definition) is 5. The Morgan fingerprint density at radius 2 is 1.61 bits per heavy atom. The number of aliphatic hydroxyl groups is 1. The molecule has 1 atom stereocenters. The zero-order valence-electron chi connectivity index (χ0n) is 15.4. The van der Waals surface area contributed by atoms with E-state index in [0.717, 1.165) is 16.7 Å². The first-order valence-electron chi connectivity index (χ1n) is 8.81. The normalized spacial score (nSPS) is 18.6. The second-order valence-corrected chi connectivity index (χ2v) is 7.63. The van der Waals surface area contributed by atoms with Crippen LogP contribution in [-0.2, 0) is 9.59 Å². The summed E-state index contributed by atoms with van der Waals surface area (Å²) in [5.41, 5.74) is 3.42. The minimum Gasteiger partial charge on any atom is -0.507 e. The third-order valence-electron chi connectivity index (χ3n) is 4.79. The van der Waals surface area contributed by atoms with Crippen LogP contribution in [0.25, 0.3) is 5.76 Å². The number of aryl methyl sites for hydroxylation is 2. The van der Waals surface area contributed by atoms with Crippen LogP contribution in [0.1, 0.15) is 28.3 Å². The Morgan fingerprint density at radius 1 is 1.00 bits per heavy atom. The van der Waals surface area contributed by atoms with Crippen LogP contribution in [-0.4, -0.2) is 21.8 Å². The van der Waals surface area contributed by atoms with E-state index in [0.29, 0.717) is 10.7 Å². The molecule has 0 radical (unpaired) electrons. The molecule has 2 aromatic carbocycles. The van der Waals surface area contributed by atoms with Gasteiger partial charge >= 0.3 is 5.91 Å². The minimum absolute atomic E-state index is 0.0768.